The van der Waals surface area contributed by atoms with Crippen LogP contribution in [0.4, 0.5) is 0 Å². The van der Waals surface area contributed by atoms with Crippen molar-refractivity contribution < 1.29 is 19.1 Å². The van der Waals surface area contributed by atoms with E-state index in [0.29, 0.717) is 30.5 Å². The van der Waals surface area contributed by atoms with Crippen LogP contribution in [0.1, 0.15) is 45.4 Å². The van der Waals surface area contributed by atoms with Gasteiger partial charge >= 0.3 is 5.97 Å². The molecule has 7 aliphatic rings. The summed E-state index contributed by atoms with van der Waals surface area (Å²) in [7, 11) is 1.57. The second kappa shape index (κ2) is 4.48. The van der Waals surface area contributed by atoms with Gasteiger partial charge in [-0.25, -0.2) is 0 Å². The van der Waals surface area contributed by atoms with E-state index in [1.807, 2.05) is 0 Å². The minimum absolute atomic E-state index is 0.0184. The Labute approximate surface area is 161 Å². The summed E-state index contributed by atoms with van der Waals surface area (Å²) in [4.78, 5) is 12.8. The predicted octanol–water partition coefficient (Wildman–Crippen LogP) is 2.51. The second-order valence-electron chi connectivity index (χ2n) is 11.2. The van der Waals surface area contributed by atoms with Crippen LogP contribution < -0.4 is 0 Å². The van der Waals surface area contributed by atoms with E-state index < -0.39 is 0 Å². The third-order valence-corrected chi connectivity index (χ3v) is 11.2. The number of aliphatic hydroxyl groups excluding tert-OH is 1. The largest absolute Gasteiger partial charge is 0.469 e. The van der Waals surface area contributed by atoms with E-state index in [1.54, 1.807) is 18.3 Å². The SMILES string of the molecule is COC(=O)[C@H]1C[C@]23C4=C(CC[C@@H]5C[N+]67C[C@@H](C)[C@H](C[C@@H]6[C@]52CO)[C@H]37)CC[C@H]41. The molecule has 1 N–H and O–H groups in total. The lowest BCUT2D eigenvalue weighted by molar-refractivity contribution is -0.939. The maximum Gasteiger partial charge on any atom is 0.309 e. The molecule has 0 aromatic carbocycles. The molecule has 4 heterocycles. The molecule has 0 radical (unpaired) electrons. The van der Waals surface area contributed by atoms with E-state index >= 15 is 0 Å². The Kier molecular flexibility index (Phi) is 2.65. The summed E-state index contributed by atoms with van der Waals surface area (Å²) in [6.45, 7) is 5.47. The van der Waals surface area contributed by atoms with Crippen molar-refractivity contribution in [3.63, 3.8) is 0 Å². The van der Waals surface area contributed by atoms with Gasteiger partial charge in [0.25, 0.3) is 0 Å². The first-order chi connectivity index (χ1) is 13.0. The van der Waals surface area contributed by atoms with Crippen molar-refractivity contribution in [3.8, 4) is 0 Å². The lowest BCUT2D eigenvalue weighted by atomic mass is 9.47. The Balaban J connectivity index is 1.52. The first-order valence-corrected chi connectivity index (χ1v) is 11.3. The monoisotopic (exact) mass is 370 g/mol. The molecule has 1 unspecified atom stereocenters. The molecule has 4 aliphatic heterocycles. The molecule has 7 rings (SSSR count). The molecule has 5 fully saturated rings. The molecule has 5 bridgehead atoms. The van der Waals surface area contributed by atoms with Crippen molar-refractivity contribution in [1.82, 2.24) is 0 Å². The van der Waals surface area contributed by atoms with Crippen LogP contribution in [0, 0.1) is 40.4 Å². The second-order valence-corrected chi connectivity index (χ2v) is 11.2. The highest BCUT2D eigenvalue weighted by molar-refractivity contribution is 5.75. The Morgan fingerprint density at radius 2 is 2.11 bits per heavy atom. The van der Waals surface area contributed by atoms with Crippen LogP contribution >= 0.6 is 0 Å². The standard InChI is InChI=1S/C23H32NO3/c1-12-9-24-10-14-5-3-13-4-6-15-17(21(26)27-2)8-22(19(13)15)20(24)16(12)7-18(24)23(14,22)11-25/h12,14-18,20,25H,3-11H2,1-2H3/q+1/t12-,14-,15+,16+,17+,18-,20-,22-,23+,24?/m1/s1. The van der Waals surface area contributed by atoms with Gasteiger partial charge in [0, 0.05) is 24.2 Å². The average molecular weight is 371 g/mol. The Hall–Kier alpha value is -0.870. The quantitative estimate of drug-likeness (QED) is 0.462. The van der Waals surface area contributed by atoms with Crippen molar-refractivity contribution >= 4 is 5.97 Å². The molecule has 0 amide bonds. The van der Waals surface area contributed by atoms with Gasteiger partial charge < -0.3 is 14.3 Å². The van der Waals surface area contributed by atoms with E-state index in [-0.39, 0.29) is 22.7 Å². The van der Waals surface area contributed by atoms with Gasteiger partial charge in [-0.2, -0.15) is 0 Å². The van der Waals surface area contributed by atoms with Crippen LogP contribution in [0.5, 0.6) is 0 Å². The van der Waals surface area contributed by atoms with Crippen molar-refractivity contribution in [2.75, 3.05) is 26.8 Å². The Morgan fingerprint density at radius 1 is 1.30 bits per heavy atom. The summed E-state index contributed by atoms with van der Waals surface area (Å²) in [6.07, 6.45) is 7.16. The molecule has 146 valence electrons. The highest BCUT2D eigenvalue weighted by Crippen LogP contribution is 2.84. The van der Waals surface area contributed by atoms with Crippen LogP contribution in [0.15, 0.2) is 11.1 Å². The summed E-state index contributed by atoms with van der Waals surface area (Å²) >= 11 is 0. The molecular formula is C23H32NO3+. The van der Waals surface area contributed by atoms with Crippen LogP contribution in [0.3, 0.4) is 0 Å². The number of carbonyl (C=O) groups is 1. The molecule has 2 spiro atoms. The van der Waals surface area contributed by atoms with Gasteiger partial charge in [0.05, 0.1) is 49.6 Å². The number of hydrogen-bond acceptors (Lipinski definition) is 3. The van der Waals surface area contributed by atoms with Gasteiger partial charge in [0.15, 0.2) is 0 Å². The first kappa shape index (κ1) is 16.0. The van der Waals surface area contributed by atoms with Gasteiger partial charge in [-0.15, -0.1) is 0 Å². The van der Waals surface area contributed by atoms with Crippen LogP contribution in [-0.2, 0) is 9.53 Å². The number of ether oxygens (including phenoxy) is 1. The molecule has 4 heteroatoms. The zero-order valence-electron chi connectivity index (χ0n) is 16.6. The molecule has 4 nitrogen and oxygen atoms in total. The topological polar surface area (TPSA) is 46.5 Å². The summed E-state index contributed by atoms with van der Waals surface area (Å²) in [6, 6.07) is 1.34. The molecule has 10 atom stereocenters. The van der Waals surface area contributed by atoms with Crippen molar-refractivity contribution in [1.29, 1.82) is 0 Å². The highest BCUT2D eigenvalue weighted by atomic mass is 16.5. The molecular weight excluding hydrogens is 338 g/mol. The third-order valence-electron chi connectivity index (χ3n) is 11.2. The molecule has 4 saturated heterocycles. The number of aliphatic hydroxyl groups is 1. The zero-order chi connectivity index (χ0) is 18.3. The van der Waals surface area contributed by atoms with Gasteiger partial charge in [-0.05, 0) is 38.0 Å². The number of rotatable bonds is 2. The summed E-state index contributed by atoms with van der Waals surface area (Å²) < 4.78 is 6.63. The fourth-order valence-electron chi connectivity index (χ4n) is 11.2. The van der Waals surface area contributed by atoms with Gasteiger partial charge in [-0.1, -0.05) is 18.1 Å². The Morgan fingerprint density at radius 3 is 2.89 bits per heavy atom. The maximum atomic E-state index is 12.8. The average Bonchev–Trinajstić information content (AvgIpc) is 3.42. The number of carbonyl (C=O) groups excluding carboxylic acids is 1. The van der Waals surface area contributed by atoms with Crippen molar-refractivity contribution in [2.45, 2.75) is 57.5 Å². The van der Waals surface area contributed by atoms with Crippen molar-refractivity contribution in [3.05, 3.63) is 11.1 Å². The van der Waals surface area contributed by atoms with Crippen LogP contribution in [-0.4, -0.2) is 54.4 Å². The zero-order valence-corrected chi connectivity index (χ0v) is 16.6. The number of methoxy groups -OCH3 is 1. The number of piperidine rings is 2. The minimum atomic E-state index is 0.0184. The molecule has 3 aliphatic carbocycles. The van der Waals surface area contributed by atoms with E-state index in [0.717, 1.165) is 24.7 Å². The molecule has 0 aromatic heterocycles. The van der Waals surface area contributed by atoms with Crippen LogP contribution in [0.25, 0.3) is 0 Å². The maximum absolute atomic E-state index is 12.8. The summed E-state index contributed by atoms with van der Waals surface area (Å²) in [5.74, 6) is 2.73. The van der Waals surface area contributed by atoms with Gasteiger partial charge in [0.1, 0.15) is 6.04 Å². The van der Waals surface area contributed by atoms with E-state index in [9.17, 15) is 9.90 Å². The molecule has 1 saturated carbocycles. The number of allylic oxidation sites excluding steroid dienone is 1. The molecule has 27 heavy (non-hydrogen) atoms. The lowest BCUT2D eigenvalue weighted by Crippen LogP contribution is -2.60. The van der Waals surface area contributed by atoms with Gasteiger partial charge in [-0.3, -0.25) is 4.79 Å². The number of hydrogen-bond donors (Lipinski definition) is 1. The predicted molar refractivity (Wildman–Crippen MR) is 99.4 cm³/mol. The molecule has 0 aromatic rings. The third kappa shape index (κ3) is 1.29. The van der Waals surface area contributed by atoms with Crippen molar-refractivity contribution in [2.24, 2.45) is 40.4 Å². The number of nitrogens with zero attached hydrogens (tertiary/aromatic N) is 1. The summed E-state index contributed by atoms with van der Waals surface area (Å²) in [5, 5.41) is 11.1. The first-order valence-electron chi connectivity index (χ1n) is 11.3. The highest BCUT2D eigenvalue weighted by Gasteiger charge is 2.92. The fraction of sp³-hybridized carbons (Fsp3) is 0.870. The smallest absolute Gasteiger partial charge is 0.309 e. The summed E-state index contributed by atoms with van der Waals surface area (Å²) in [5.41, 5.74) is 3.56. The minimum Gasteiger partial charge on any atom is -0.469 e. The van der Waals surface area contributed by atoms with E-state index in [4.69, 9.17) is 4.74 Å². The lowest BCUT2D eigenvalue weighted by Gasteiger charge is -2.52. The number of quaternary nitrogens is 1. The number of esters is 1. The van der Waals surface area contributed by atoms with E-state index in [1.165, 1.54) is 43.3 Å². The Bertz CT molecular complexity index is 805. The normalized spacial score (nSPS) is 60.9. The van der Waals surface area contributed by atoms with Crippen LogP contribution in [0.2, 0.25) is 0 Å². The van der Waals surface area contributed by atoms with E-state index in [2.05, 4.69) is 6.92 Å². The van der Waals surface area contributed by atoms with Gasteiger partial charge in [0.2, 0.25) is 0 Å². The fourth-order valence-corrected chi connectivity index (χ4v) is 11.2.